The Kier molecular flexibility index (Phi) is 5.38. The summed E-state index contributed by atoms with van der Waals surface area (Å²) in [7, 11) is 0. The molecule has 20 heavy (non-hydrogen) atoms. The summed E-state index contributed by atoms with van der Waals surface area (Å²) in [6.07, 6.45) is 1.08. The number of hydrogen-bond acceptors (Lipinski definition) is 1. The van der Waals surface area contributed by atoms with Gasteiger partial charge in [0.05, 0.1) is 6.04 Å². The van der Waals surface area contributed by atoms with Crippen LogP contribution in [0.25, 0.3) is 0 Å². The summed E-state index contributed by atoms with van der Waals surface area (Å²) in [6.45, 7) is 7.42. The van der Waals surface area contributed by atoms with Crippen molar-refractivity contribution in [1.82, 2.24) is 5.32 Å². The fourth-order valence-corrected chi connectivity index (χ4v) is 2.92. The van der Waals surface area contributed by atoms with Crippen molar-refractivity contribution in [2.75, 3.05) is 6.54 Å². The van der Waals surface area contributed by atoms with Crippen molar-refractivity contribution in [3.05, 3.63) is 69.2 Å². The molecule has 0 aliphatic rings. The van der Waals surface area contributed by atoms with Gasteiger partial charge in [-0.2, -0.15) is 0 Å². The third-order valence-corrected chi connectivity index (χ3v) is 4.31. The molecule has 0 aromatic heterocycles. The number of rotatable bonds is 5. The molecule has 1 nitrogen and oxygen atoms in total. The van der Waals surface area contributed by atoms with Crippen LogP contribution in [0.3, 0.4) is 0 Å². The van der Waals surface area contributed by atoms with E-state index in [4.69, 9.17) is 0 Å². The highest BCUT2D eigenvalue weighted by Gasteiger charge is 2.15. The number of benzene rings is 2. The molecule has 2 heteroatoms. The largest absolute Gasteiger partial charge is 0.306 e. The zero-order valence-corrected chi connectivity index (χ0v) is 14.0. The molecule has 0 aliphatic carbocycles. The van der Waals surface area contributed by atoms with E-state index in [-0.39, 0.29) is 6.04 Å². The number of hydrogen-bond donors (Lipinski definition) is 1. The van der Waals surface area contributed by atoms with Gasteiger partial charge in [-0.25, -0.2) is 0 Å². The van der Waals surface area contributed by atoms with Crippen molar-refractivity contribution < 1.29 is 0 Å². The minimum absolute atomic E-state index is 0.236. The first-order valence-corrected chi connectivity index (χ1v) is 8.03. The number of halogens is 1. The Labute approximate surface area is 130 Å². The van der Waals surface area contributed by atoms with E-state index in [0.29, 0.717) is 0 Å². The third-order valence-electron chi connectivity index (χ3n) is 3.59. The predicted molar refractivity (Wildman–Crippen MR) is 90.2 cm³/mol. The molecule has 0 aliphatic heterocycles. The Bertz CT molecular complexity index is 560. The van der Waals surface area contributed by atoms with Crippen LogP contribution in [0.5, 0.6) is 0 Å². The summed E-state index contributed by atoms with van der Waals surface area (Å²) >= 11 is 3.69. The maximum Gasteiger partial charge on any atom is 0.0587 e. The van der Waals surface area contributed by atoms with Gasteiger partial charge in [0, 0.05) is 4.47 Å². The zero-order valence-electron chi connectivity index (χ0n) is 12.4. The zero-order chi connectivity index (χ0) is 14.5. The van der Waals surface area contributed by atoms with Crippen LogP contribution in [0.2, 0.25) is 0 Å². The summed E-state index contributed by atoms with van der Waals surface area (Å²) in [5.41, 5.74) is 5.29. The van der Waals surface area contributed by atoms with E-state index in [9.17, 15) is 0 Å². The lowest BCUT2D eigenvalue weighted by molar-refractivity contribution is 0.628. The van der Waals surface area contributed by atoms with Crippen molar-refractivity contribution in [3.63, 3.8) is 0 Å². The van der Waals surface area contributed by atoms with E-state index in [1.54, 1.807) is 0 Å². The van der Waals surface area contributed by atoms with E-state index < -0.39 is 0 Å². The van der Waals surface area contributed by atoms with Crippen LogP contribution in [0.1, 0.15) is 42.1 Å². The van der Waals surface area contributed by atoms with Crippen LogP contribution < -0.4 is 5.32 Å². The van der Waals surface area contributed by atoms with Crippen LogP contribution in [0.4, 0.5) is 0 Å². The molecule has 1 N–H and O–H groups in total. The summed E-state index contributed by atoms with van der Waals surface area (Å²) in [6, 6.07) is 15.7. The summed E-state index contributed by atoms with van der Waals surface area (Å²) < 4.78 is 1.16. The molecule has 2 rings (SSSR count). The molecule has 0 heterocycles. The van der Waals surface area contributed by atoms with Gasteiger partial charge in [-0.15, -0.1) is 0 Å². The molecule has 106 valence electrons. The maximum atomic E-state index is 3.69. The van der Waals surface area contributed by atoms with Crippen LogP contribution in [-0.4, -0.2) is 6.54 Å². The van der Waals surface area contributed by atoms with Gasteiger partial charge in [0.2, 0.25) is 0 Å². The van der Waals surface area contributed by atoms with Crippen molar-refractivity contribution in [1.29, 1.82) is 0 Å². The molecule has 0 fully saturated rings. The quantitative estimate of drug-likeness (QED) is 0.811. The van der Waals surface area contributed by atoms with Gasteiger partial charge in [0.25, 0.3) is 0 Å². The molecule has 1 unspecified atom stereocenters. The van der Waals surface area contributed by atoms with Gasteiger partial charge >= 0.3 is 0 Å². The average Bonchev–Trinajstić information content (AvgIpc) is 2.48. The van der Waals surface area contributed by atoms with E-state index >= 15 is 0 Å². The topological polar surface area (TPSA) is 12.0 Å². The standard InChI is InChI=1S/C18H22BrN/c1-4-14-7-9-15(10-8-14)18(20-5-2)16-12-13(3)6-11-17(16)19/h6-12,18,20H,4-5H2,1-3H3. The fraction of sp³-hybridized carbons (Fsp3) is 0.333. The van der Waals surface area contributed by atoms with Gasteiger partial charge in [-0.05, 0) is 42.6 Å². The van der Waals surface area contributed by atoms with Crippen molar-refractivity contribution in [2.24, 2.45) is 0 Å². The number of nitrogens with one attached hydrogen (secondary N) is 1. The smallest absolute Gasteiger partial charge is 0.0587 e. The molecular weight excluding hydrogens is 310 g/mol. The van der Waals surface area contributed by atoms with Gasteiger partial charge in [0.15, 0.2) is 0 Å². The average molecular weight is 332 g/mol. The first-order chi connectivity index (χ1) is 9.65. The molecule has 0 amide bonds. The van der Waals surface area contributed by atoms with Gasteiger partial charge in [-0.3, -0.25) is 0 Å². The van der Waals surface area contributed by atoms with Gasteiger partial charge in [-0.1, -0.05) is 71.7 Å². The molecular formula is C18H22BrN. The minimum Gasteiger partial charge on any atom is -0.306 e. The predicted octanol–water partition coefficient (Wildman–Crippen LogP) is 5.02. The van der Waals surface area contributed by atoms with Crippen molar-refractivity contribution >= 4 is 15.9 Å². The van der Waals surface area contributed by atoms with Crippen LogP contribution in [-0.2, 0) is 6.42 Å². The molecule has 0 saturated carbocycles. The van der Waals surface area contributed by atoms with E-state index in [2.05, 4.69) is 84.5 Å². The summed E-state index contributed by atoms with van der Waals surface area (Å²) in [5.74, 6) is 0. The normalized spacial score (nSPS) is 12.4. The molecule has 2 aromatic rings. The number of aryl methyl sites for hydroxylation is 2. The van der Waals surface area contributed by atoms with Gasteiger partial charge in [0.1, 0.15) is 0 Å². The second kappa shape index (κ2) is 7.05. The SMILES string of the molecule is CCNC(c1ccc(CC)cc1)c1cc(C)ccc1Br. The Balaban J connectivity index is 2.41. The molecule has 0 radical (unpaired) electrons. The highest BCUT2D eigenvalue weighted by atomic mass is 79.9. The van der Waals surface area contributed by atoms with Crippen molar-refractivity contribution in [3.8, 4) is 0 Å². The Morgan fingerprint density at radius 1 is 1.05 bits per heavy atom. The highest BCUT2D eigenvalue weighted by Crippen LogP contribution is 2.29. The van der Waals surface area contributed by atoms with Crippen molar-refractivity contribution in [2.45, 2.75) is 33.2 Å². The monoisotopic (exact) mass is 331 g/mol. The van der Waals surface area contributed by atoms with Crippen LogP contribution >= 0.6 is 15.9 Å². The second-order valence-corrected chi connectivity index (χ2v) is 5.97. The van der Waals surface area contributed by atoms with Gasteiger partial charge < -0.3 is 5.32 Å². The van der Waals surface area contributed by atoms with E-state index in [0.717, 1.165) is 17.4 Å². The molecule has 0 saturated heterocycles. The lowest BCUT2D eigenvalue weighted by Gasteiger charge is -2.21. The lowest BCUT2D eigenvalue weighted by Crippen LogP contribution is -2.22. The van der Waals surface area contributed by atoms with Crippen LogP contribution in [0.15, 0.2) is 46.9 Å². The van der Waals surface area contributed by atoms with Crippen LogP contribution in [0, 0.1) is 6.92 Å². The van der Waals surface area contributed by atoms with E-state index in [1.807, 2.05) is 0 Å². The highest BCUT2D eigenvalue weighted by molar-refractivity contribution is 9.10. The van der Waals surface area contributed by atoms with E-state index in [1.165, 1.54) is 22.3 Å². The molecule has 0 spiro atoms. The first kappa shape index (κ1) is 15.3. The molecule has 1 atom stereocenters. The third kappa shape index (κ3) is 3.50. The Morgan fingerprint density at radius 2 is 1.75 bits per heavy atom. The fourth-order valence-electron chi connectivity index (χ4n) is 2.44. The summed E-state index contributed by atoms with van der Waals surface area (Å²) in [4.78, 5) is 0. The second-order valence-electron chi connectivity index (χ2n) is 5.11. The molecule has 2 aromatic carbocycles. The lowest BCUT2D eigenvalue weighted by atomic mass is 9.96. The Morgan fingerprint density at radius 3 is 2.35 bits per heavy atom. The minimum atomic E-state index is 0.236. The summed E-state index contributed by atoms with van der Waals surface area (Å²) in [5, 5.41) is 3.59. The maximum absolute atomic E-state index is 3.69. The Hall–Kier alpha value is -1.12. The molecule has 0 bridgehead atoms. The first-order valence-electron chi connectivity index (χ1n) is 7.24.